The van der Waals surface area contributed by atoms with Gasteiger partial charge in [-0.15, -0.1) is 0 Å². The Morgan fingerprint density at radius 1 is 0.848 bits per heavy atom. The number of aryl methyl sites for hydroxylation is 2. The van der Waals surface area contributed by atoms with Gasteiger partial charge in [-0.1, -0.05) is 17.7 Å². The molecular formula is C26H26FN5O. The lowest BCUT2D eigenvalue weighted by Gasteiger charge is -2.36. The van der Waals surface area contributed by atoms with Crippen LogP contribution in [0.4, 0.5) is 10.1 Å². The van der Waals surface area contributed by atoms with Gasteiger partial charge in [0.2, 0.25) is 0 Å². The van der Waals surface area contributed by atoms with Crippen LogP contribution in [-0.4, -0.2) is 51.3 Å². The molecule has 33 heavy (non-hydrogen) atoms. The van der Waals surface area contributed by atoms with Gasteiger partial charge in [0, 0.05) is 44.3 Å². The molecule has 168 valence electrons. The maximum Gasteiger partial charge on any atom is 0.259 e. The third-order valence-corrected chi connectivity index (χ3v) is 6.14. The molecule has 0 saturated carbocycles. The van der Waals surface area contributed by atoms with E-state index in [0.717, 1.165) is 17.2 Å². The fourth-order valence-electron chi connectivity index (χ4n) is 4.32. The third-order valence-electron chi connectivity index (χ3n) is 6.14. The summed E-state index contributed by atoms with van der Waals surface area (Å²) in [6.07, 6.45) is 3.87. The number of carbonyl (C=O) groups excluding carboxylic acids is 1. The summed E-state index contributed by atoms with van der Waals surface area (Å²) in [6, 6.07) is 18.5. The van der Waals surface area contributed by atoms with Gasteiger partial charge in [-0.3, -0.25) is 4.79 Å². The molecule has 0 spiro atoms. The molecule has 0 bridgehead atoms. The van der Waals surface area contributed by atoms with Crippen molar-refractivity contribution in [1.82, 2.24) is 19.2 Å². The van der Waals surface area contributed by atoms with E-state index in [1.165, 1.54) is 17.7 Å². The molecule has 0 aliphatic carbocycles. The Morgan fingerprint density at radius 3 is 2.09 bits per heavy atom. The minimum absolute atomic E-state index is 0.0201. The topological polar surface area (TPSA) is 46.3 Å². The summed E-state index contributed by atoms with van der Waals surface area (Å²) in [5.74, 6) is 0.479. The lowest BCUT2D eigenvalue weighted by Crippen LogP contribution is -2.49. The second-order valence-corrected chi connectivity index (χ2v) is 8.38. The first-order chi connectivity index (χ1) is 16.0. The lowest BCUT2D eigenvalue weighted by atomic mass is 10.1. The van der Waals surface area contributed by atoms with Gasteiger partial charge >= 0.3 is 0 Å². The Kier molecular flexibility index (Phi) is 5.46. The van der Waals surface area contributed by atoms with Crippen molar-refractivity contribution < 1.29 is 9.18 Å². The highest BCUT2D eigenvalue weighted by atomic mass is 19.1. The molecule has 6 nitrogen and oxygen atoms in total. The van der Waals surface area contributed by atoms with Crippen LogP contribution in [0.2, 0.25) is 0 Å². The zero-order valence-electron chi connectivity index (χ0n) is 18.8. The maximum absolute atomic E-state index is 13.7. The first-order valence-corrected chi connectivity index (χ1v) is 11.1. The summed E-state index contributed by atoms with van der Waals surface area (Å²) in [7, 11) is 0. The highest BCUT2D eigenvalue weighted by Crippen LogP contribution is 2.26. The van der Waals surface area contributed by atoms with Crippen molar-refractivity contribution in [2.45, 2.75) is 13.8 Å². The number of halogens is 1. The van der Waals surface area contributed by atoms with Crippen LogP contribution in [0.1, 0.15) is 21.6 Å². The van der Waals surface area contributed by atoms with Crippen molar-refractivity contribution in [2.75, 3.05) is 31.1 Å². The third kappa shape index (κ3) is 4.02. The summed E-state index contributed by atoms with van der Waals surface area (Å²) in [5, 5.41) is 4.76. The predicted octanol–water partition coefficient (Wildman–Crippen LogP) is 4.38. The quantitative estimate of drug-likeness (QED) is 0.470. The lowest BCUT2D eigenvalue weighted by molar-refractivity contribution is 0.0746. The second-order valence-electron chi connectivity index (χ2n) is 8.38. The van der Waals surface area contributed by atoms with Crippen LogP contribution in [0.15, 0.2) is 73.1 Å². The molecule has 1 saturated heterocycles. The summed E-state index contributed by atoms with van der Waals surface area (Å²) in [6.45, 7) is 6.51. The van der Waals surface area contributed by atoms with E-state index >= 15 is 0 Å². The van der Waals surface area contributed by atoms with Crippen LogP contribution in [0.25, 0.3) is 11.5 Å². The van der Waals surface area contributed by atoms with Gasteiger partial charge in [-0.2, -0.15) is 5.10 Å². The van der Waals surface area contributed by atoms with Gasteiger partial charge in [0.25, 0.3) is 5.91 Å². The molecular weight excluding hydrogens is 417 g/mol. The normalized spacial score (nSPS) is 14.0. The van der Waals surface area contributed by atoms with Gasteiger partial charge in [0.15, 0.2) is 5.82 Å². The van der Waals surface area contributed by atoms with Gasteiger partial charge in [-0.25, -0.2) is 9.07 Å². The fourth-order valence-corrected chi connectivity index (χ4v) is 4.32. The van der Waals surface area contributed by atoms with Crippen LogP contribution in [-0.2, 0) is 0 Å². The molecule has 7 heteroatoms. The van der Waals surface area contributed by atoms with Crippen molar-refractivity contribution in [1.29, 1.82) is 0 Å². The van der Waals surface area contributed by atoms with Gasteiger partial charge in [0.1, 0.15) is 11.4 Å². The van der Waals surface area contributed by atoms with E-state index in [0.29, 0.717) is 37.4 Å². The molecule has 0 unspecified atom stereocenters. The molecule has 5 rings (SSSR count). The molecule has 2 aromatic heterocycles. The molecule has 1 aliphatic rings. The maximum atomic E-state index is 13.7. The fraction of sp³-hybridized carbons (Fsp3) is 0.231. The summed E-state index contributed by atoms with van der Waals surface area (Å²) < 4.78 is 17.1. The second kappa shape index (κ2) is 8.58. The number of carbonyl (C=O) groups is 1. The average molecular weight is 444 g/mol. The number of benzene rings is 2. The molecule has 0 N–H and O–H groups in total. The zero-order chi connectivity index (χ0) is 22.9. The van der Waals surface area contributed by atoms with E-state index in [1.54, 1.807) is 12.1 Å². The van der Waals surface area contributed by atoms with Crippen LogP contribution in [0, 0.1) is 19.7 Å². The number of piperazine rings is 1. The van der Waals surface area contributed by atoms with Gasteiger partial charge < -0.3 is 14.4 Å². The minimum atomic E-state index is -0.244. The number of anilines is 1. The van der Waals surface area contributed by atoms with E-state index < -0.39 is 0 Å². The summed E-state index contributed by atoms with van der Waals surface area (Å²) in [5.41, 5.74) is 4.36. The van der Waals surface area contributed by atoms with Crippen molar-refractivity contribution >= 4 is 11.6 Å². The Bertz CT molecular complexity index is 1250. The van der Waals surface area contributed by atoms with Crippen molar-refractivity contribution in [3.8, 4) is 11.5 Å². The number of amides is 1. The molecule has 0 radical (unpaired) electrons. The van der Waals surface area contributed by atoms with Crippen LogP contribution >= 0.6 is 0 Å². The molecule has 1 fully saturated rings. The van der Waals surface area contributed by atoms with E-state index in [2.05, 4.69) is 4.90 Å². The monoisotopic (exact) mass is 443 g/mol. The highest BCUT2D eigenvalue weighted by molar-refractivity contribution is 5.99. The number of rotatable bonds is 4. The Morgan fingerprint density at radius 2 is 1.45 bits per heavy atom. The van der Waals surface area contributed by atoms with Crippen LogP contribution < -0.4 is 4.90 Å². The van der Waals surface area contributed by atoms with Crippen molar-refractivity contribution in [3.05, 3.63) is 95.7 Å². The highest BCUT2D eigenvalue weighted by Gasteiger charge is 2.29. The first kappa shape index (κ1) is 21.0. The average Bonchev–Trinajstić information content (AvgIpc) is 3.47. The van der Waals surface area contributed by atoms with Crippen molar-refractivity contribution in [2.24, 2.45) is 0 Å². The predicted molar refractivity (Wildman–Crippen MR) is 127 cm³/mol. The standard InChI is InChI=1S/C26H26FN5O/c1-19-5-9-23(10-6-19)32-25(30-13-3-4-14-30)24(20(2)28-32)26(33)31-17-15-29(16-18-31)22-11-7-21(27)8-12-22/h3-14H,15-18H2,1-2H3. The van der Waals surface area contributed by atoms with Crippen LogP contribution in [0.5, 0.6) is 0 Å². The minimum Gasteiger partial charge on any atom is -0.368 e. The van der Waals surface area contributed by atoms with E-state index in [1.807, 2.05) is 76.8 Å². The zero-order valence-corrected chi connectivity index (χ0v) is 18.8. The van der Waals surface area contributed by atoms with Crippen LogP contribution in [0.3, 0.4) is 0 Å². The van der Waals surface area contributed by atoms with Gasteiger partial charge in [0.05, 0.1) is 11.4 Å². The molecule has 2 aromatic carbocycles. The van der Waals surface area contributed by atoms with E-state index in [4.69, 9.17) is 5.10 Å². The molecule has 1 aliphatic heterocycles. The summed E-state index contributed by atoms with van der Waals surface area (Å²) in [4.78, 5) is 17.8. The Balaban J connectivity index is 1.45. The molecule has 1 amide bonds. The Hall–Kier alpha value is -3.87. The smallest absolute Gasteiger partial charge is 0.259 e. The molecule has 0 atom stereocenters. The Labute approximate surface area is 192 Å². The number of aromatic nitrogens is 3. The van der Waals surface area contributed by atoms with E-state index in [9.17, 15) is 9.18 Å². The summed E-state index contributed by atoms with van der Waals surface area (Å²) >= 11 is 0. The van der Waals surface area contributed by atoms with Crippen molar-refractivity contribution in [3.63, 3.8) is 0 Å². The number of hydrogen-bond donors (Lipinski definition) is 0. The SMILES string of the molecule is Cc1ccc(-n2nc(C)c(C(=O)N3CCN(c4ccc(F)cc4)CC3)c2-n2cccc2)cc1. The number of nitrogens with zero attached hydrogens (tertiary/aromatic N) is 5. The molecule has 3 heterocycles. The van der Waals surface area contributed by atoms with Gasteiger partial charge in [-0.05, 0) is 62.4 Å². The van der Waals surface area contributed by atoms with E-state index in [-0.39, 0.29) is 11.7 Å². The largest absolute Gasteiger partial charge is 0.368 e. The number of hydrogen-bond acceptors (Lipinski definition) is 3. The first-order valence-electron chi connectivity index (χ1n) is 11.1. The molecule has 4 aromatic rings.